The molecule has 0 bridgehead atoms. The fourth-order valence-electron chi connectivity index (χ4n) is 2.02. The number of nitrogens with zero attached hydrogens (tertiary/aromatic N) is 1. The zero-order chi connectivity index (χ0) is 14.8. The first kappa shape index (κ1) is 16.5. The molecule has 0 fully saturated rings. The zero-order valence-corrected chi connectivity index (χ0v) is 12.1. The summed E-state index contributed by atoms with van der Waals surface area (Å²) < 4.78 is 28.3. The van der Waals surface area contributed by atoms with Crippen LogP contribution in [0, 0.1) is 0 Å². The molecule has 110 valence electrons. The van der Waals surface area contributed by atoms with Crippen LogP contribution in [-0.2, 0) is 0 Å². The summed E-state index contributed by atoms with van der Waals surface area (Å²) in [5.41, 5.74) is 0.379. The van der Waals surface area contributed by atoms with Gasteiger partial charge in [-0.15, -0.1) is 6.58 Å². The van der Waals surface area contributed by atoms with Crippen LogP contribution in [0.25, 0.3) is 0 Å². The van der Waals surface area contributed by atoms with Crippen LogP contribution in [0.3, 0.4) is 0 Å². The molecule has 0 saturated heterocycles. The predicted molar refractivity (Wildman–Crippen MR) is 81.7 cm³/mol. The fourth-order valence-corrected chi connectivity index (χ4v) is 2.02. The van der Waals surface area contributed by atoms with E-state index >= 15 is 0 Å². The third-order valence-electron chi connectivity index (χ3n) is 3.08. The number of alkyl halides is 2. The van der Waals surface area contributed by atoms with E-state index in [-0.39, 0.29) is 12.1 Å². The van der Waals surface area contributed by atoms with E-state index in [0.29, 0.717) is 12.1 Å². The van der Waals surface area contributed by atoms with Gasteiger partial charge in [-0.3, -0.25) is 4.99 Å². The monoisotopic (exact) mass is 279 g/mol. The Balaban J connectivity index is 2.85. The number of hydrogen-bond donors (Lipinski definition) is 0. The lowest BCUT2D eigenvalue weighted by Gasteiger charge is -2.18. The summed E-state index contributed by atoms with van der Waals surface area (Å²) in [5.74, 6) is -2.95. The predicted octanol–water partition coefficient (Wildman–Crippen LogP) is 5.27. The Kier molecular flexibility index (Phi) is 7.13. The molecule has 3 heteroatoms. The smallest absolute Gasteiger partial charge is 0.283 e. The Hall–Kier alpha value is -1.51. The van der Waals surface area contributed by atoms with E-state index in [9.17, 15) is 8.78 Å². The van der Waals surface area contributed by atoms with E-state index in [2.05, 4.69) is 18.5 Å². The third-order valence-corrected chi connectivity index (χ3v) is 3.08. The minimum atomic E-state index is -2.95. The van der Waals surface area contributed by atoms with Crippen molar-refractivity contribution in [2.75, 3.05) is 6.54 Å². The van der Waals surface area contributed by atoms with Gasteiger partial charge >= 0.3 is 0 Å². The maximum atomic E-state index is 14.1. The molecular weight excluding hydrogens is 256 g/mol. The van der Waals surface area contributed by atoms with E-state index in [0.717, 1.165) is 25.7 Å². The van der Waals surface area contributed by atoms with Crippen LogP contribution in [-0.4, -0.2) is 18.2 Å². The van der Waals surface area contributed by atoms with Crippen molar-refractivity contribution >= 4 is 5.71 Å². The Morgan fingerprint density at radius 2 is 1.90 bits per heavy atom. The first-order valence-corrected chi connectivity index (χ1v) is 7.21. The number of aliphatic imine (C=N–C) groups is 1. The van der Waals surface area contributed by atoms with Crippen LogP contribution >= 0.6 is 0 Å². The van der Waals surface area contributed by atoms with Crippen LogP contribution in [0.2, 0.25) is 0 Å². The Morgan fingerprint density at radius 3 is 2.50 bits per heavy atom. The lowest BCUT2D eigenvalue weighted by atomic mass is 10.0. The number of benzene rings is 1. The largest absolute Gasteiger partial charge is 0.293 e. The van der Waals surface area contributed by atoms with Gasteiger partial charge in [0.25, 0.3) is 5.92 Å². The second kappa shape index (κ2) is 8.62. The molecule has 0 aromatic heterocycles. The lowest BCUT2D eigenvalue weighted by Crippen LogP contribution is -2.29. The van der Waals surface area contributed by atoms with Gasteiger partial charge in [-0.1, -0.05) is 62.6 Å². The van der Waals surface area contributed by atoms with Crippen LogP contribution in [0.5, 0.6) is 0 Å². The van der Waals surface area contributed by atoms with E-state index in [1.54, 1.807) is 24.3 Å². The highest BCUT2D eigenvalue weighted by Gasteiger charge is 2.35. The van der Waals surface area contributed by atoms with Gasteiger partial charge in [-0.25, -0.2) is 0 Å². The van der Waals surface area contributed by atoms with Crippen molar-refractivity contribution in [1.29, 1.82) is 0 Å². The summed E-state index contributed by atoms with van der Waals surface area (Å²) in [4.78, 5) is 4.17. The first-order valence-electron chi connectivity index (χ1n) is 7.21. The van der Waals surface area contributed by atoms with E-state index < -0.39 is 5.92 Å². The van der Waals surface area contributed by atoms with Gasteiger partial charge in [0.1, 0.15) is 5.71 Å². The lowest BCUT2D eigenvalue weighted by molar-refractivity contribution is 0.0821. The molecule has 0 atom stereocenters. The van der Waals surface area contributed by atoms with Crippen LogP contribution in [0.15, 0.2) is 48.0 Å². The van der Waals surface area contributed by atoms with Crippen LogP contribution in [0.1, 0.15) is 44.6 Å². The van der Waals surface area contributed by atoms with E-state index in [4.69, 9.17) is 0 Å². The third kappa shape index (κ3) is 5.24. The molecule has 0 saturated carbocycles. The maximum Gasteiger partial charge on any atom is 0.293 e. The molecule has 1 rings (SSSR count). The maximum absolute atomic E-state index is 14.1. The molecule has 0 unspecified atom stereocenters. The summed E-state index contributed by atoms with van der Waals surface area (Å²) in [6.07, 6.45) is 5.01. The van der Waals surface area contributed by atoms with E-state index in [1.165, 1.54) is 6.08 Å². The Morgan fingerprint density at radius 1 is 1.20 bits per heavy atom. The summed E-state index contributed by atoms with van der Waals surface area (Å²) >= 11 is 0. The van der Waals surface area contributed by atoms with Gasteiger partial charge in [0.15, 0.2) is 0 Å². The molecular formula is C17H23F2N. The molecule has 0 aliphatic carbocycles. The summed E-state index contributed by atoms with van der Waals surface area (Å²) in [6, 6.07) is 8.69. The molecule has 1 aromatic carbocycles. The van der Waals surface area contributed by atoms with Crippen LogP contribution in [0.4, 0.5) is 8.78 Å². The highest BCUT2D eigenvalue weighted by Crippen LogP contribution is 2.25. The van der Waals surface area contributed by atoms with Crippen molar-refractivity contribution in [3.8, 4) is 0 Å². The molecule has 0 aliphatic heterocycles. The van der Waals surface area contributed by atoms with E-state index in [1.807, 2.05) is 6.07 Å². The van der Waals surface area contributed by atoms with Gasteiger partial charge < -0.3 is 0 Å². The number of halogens is 2. The van der Waals surface area contributed by atoms with Crippen molar-refractivity contribution in [1.82, 2.24) is 0 Å². The molecule has 1 aromatic rings. The van der Waals surface area contributed by atoms with Crippen molar-refractivity contribution in [3.05, 3.63) is 48.6 Å². The molecule has 0 radical (unpaired) electrons. The Bertz CT molecular complexity index is 424. The summed E-state index contributed by atoms with van der Waals surface area (Å²) in [5, 5.41) is 0. The summed E-state index contributed by atoms with van der Waals surface area (Å²) in [6.45, 7) is 5.98. The second-order valence-corrected chi connectivity index (χ2v) is 4.85. The average Bonchev–Trinajstić information content (AvgIpc) is 2.43. The molecule has 1 nitrogen and oxygen atoms in total. The van der Waals surface area contributed by atoms with Crippen molar-refractivity contribution in [2.45, 2.75) is 45.0 Å². The molecule has 0 amide bonds. The van der Waals surface area contributed by atoms with Gasteiger partial charge in [0.2, 0.25) is 0 Å². The SMILES string of the molecule is C=CCC(F)(F)C(=NCCCCCC)c1ccccc1. The number of allylic oxidation sites excluding steroid dienone is 1. The number of unbranched alkanes of at least 4 members (excludes halogenated alkanes) is 3. The second-order valence-electron chi connectivity index (χ2n) is 4.85. The fraction of sp³-hybridized carbons (Fsp3) is 0.471. The normalized spacial score (nSPS) is 12.4. The van der Waals surface area contributed by atoms with Crippen LogP contribution < -0.4 is 0 Å². The minimum absolute atomic E-state index is 0.116. The summed E-state index contributed by atoms with van der Waals surface area (Å²) in [7, 11) is 0. The molecule has 0 aliphatic rings. The highest BCUT2D eigenvalue weighted by atomic mass is 19.3. The van der Waals surface area contributed by atoms with Crippen molar-refractivity contribution < 1.29 is 8.78 Å². The van der Waals surface area contributed by atoms with Crippen molar-refractivity contribution in [3.63, 3.8) is 0 Å². The number of rotatable bonds is 9. The van der Waals surface area contributed by atoms with Gasteiger partial charge in [0.05, 0.1) is 0 Å². The van der Waals surface area contributed by atoms with Gasteiger partial charge in [0, 0.05) is 18.5 Å². The number of hydrogen-bond acceptors (Lipinski definition) is 1. The first-order chi connectivity index (χ1) is 9.61. The topological polar surface area (TPSA) is 12.4 Å². The standard InChI is InChI=1S/C17H23F2N/c1-3-5-6-10-14-20-16(17(18,19)13-4-2)15-11-8-7-9-12-15/h4,7-9,11-12H,2-3,5-6,10,13-14H2,1H3. The highest BCUT2D eigenvalue weighted by molar-refractivity contribution is 6.05. The average molecular weight is 279 g/mol. The molecule has 0 heterocycles. The van der Waals surface area contributed by atoms with Gasteiger partial charge in [-0.2, -0.15) is 8.78 Å². The minimum Gasteiger partial charge on any atom is -0.283 e. The van der Waals surface area contributed by atoms with Gasteiger partial charge in [-0.05, 0) is 6.42 Å². The Labute approximate surface area is 120 Å². The van der Waals surface area contributed by atoms with Crippen molar-refractivity contribution in [2.24, 2.45) is 4.99 Å². The molecule has 0 N–H and O–H groups in total. The zero-order valence-electron chi connectivity index (χ0n) is 12.1. The quantitative estimate of drug-likeness (QED) is 0.332. The molecule has 20 heavy (non-hydrogen) atoms. The molecule has 0 spiro atoms.